The van der Waals surface area contributed by atoms with Gasteiger partial charge in [0.05, 0.1) is 0 Å². The first-order valence-electron chi connectivity index (χ1n) is 2.20. The van der Waals surface area contributed by atoms with Crippen molar-refractivity contribution in [1.82, 2.24) is 7.42 Å². The predicted octanol–water partition coefficient (Wildman–Crippen LogP) is 1.08. The molecule has 0 aromatic rings. The summed E-state index contributed by atoms with van der Waals surface area (Å²) in [6, 6.07) is 0. The highest BCUT2D eigenvalue weighted by Gasteiger charge is 2.02. The minimum Gasteiger partial charge on any atom is -0.646 e. The third-order valence-corrected chi connectivity index (χ3v) is 3.55. The van der Waals surface area contributed by atoms with Gasteiger partial charge in [0.1, 0.15) is 0 Å². The van der Waals surface area contributed by atoms with E-state index in [-0.39, 0.29) is 0 Å². The van der Waals surface area contributed by atoms with Gasteiger partial charge < -0.3 is 43.3 Å². The Balaban J connectivity index is 3.68. The van der Waals surface area contributed by atoms with E-state index in [1.54, 1.807) is 0 Å². The Morgan fingerprint density at radius 1 is 1.00 bits per heavy atom. The molecule has 0 bridgehead atoms. The zero-order chi connectivity index (χ0) is 9.72. The van der Waals surface area contributed by atoms with Gasteiger partial charge in [-0.1, -0.05) is 0 Å². The first-order valence-corrected chi connectivity index (χ1v) is 4.99. The zero-order valence-corrected chi connectivity index (χ0v) is 8.50. The van der Waals surface area contributed by atoms with E-state index in [0.717, 1.165) is 0 Å². The predicted molar refractivity (Wildman–Crippen MR) is 49.6 cm³/mol. The Morgan fingerprint density at radius 3 is 1.42 bits per heavy atom. The normalized spacial score (nSPS) is 9.17. The lowest BCUT2D eigenvalue weighted by molar-refractivity contribution is 0.189. The van der Waals surface area contributed by atoms with Crippen LogP contribution in [0.5, 0.6) is 0 Å². The first-order chi connectivity index (χ1) is 5.45. The average molecular weight is 246 g/mol. The van der Waals surface area contributed by atoms with Crippen molar-refractivity contribution in [3.05, 3.63) is 0 Å². The SMILES string of the molecule is O=C(O)N([S-])SSN([S-])C(=O)O. The van der Waals surface area contributed by atoms with Crippen molar-refractivity contribution in [2.45, 2.75) is 0 Å². The molecule has 0 fully saturated rings. The lowest BCUT2D eigenvalue weighted by atomic mass is 11.3. The smallest absolute Gasteiger partial charge is 0.395 e. The first kappa shape index (κ1) is 11.9. The Labute approximate surface area is 87.0 Å². The zero-order valence-electron chi connectivity index (χ0n) is 5.24. The molecule has 0 aliphatic carbocycles. The van der Waals surface area contributed by atoms with E-state index in [9.17, 15) is 9.59 Å². The van der Waals surface area contributed by atoms with Crippen molar-refractivity contribution in [2.75, 3.05) is 0 Å². The van der Waals surface area contributed by atoms with Crippen LogP contribution in [0.4, 0.5) is 9.59 Å². The quantitative estimate of drug-likeness (QED) is 0.435. The summed E-state index contributed by atoms with van der Waals surface area (Å²) < 4.78 is 0.847. The fourth-order valence-corrected chi connectivity index (χ4v) is 1.61. The van der Waals surface area contributed by atoms with Crippen molar-refractivity contribution in [2.24, 2.45) is 0 Å². The number of carbonyl (C=O) groups is 2. The summed E-state index contributed by atoms with van der Waals surface area (Å²) in [5, 5.41) is 16.4. The molecule has 2 N–H and O–H groups in total. The number of hydrogen-bond donors (Lipinski definition) is 2. The molecule has 0 aliphatic rings. The maximum atomic E-state index is 10.1. The van der Waals surface area contributed by atoms with Gasteiger partial charge in [0, 0.05) is 22.0 Å². The summed E-state index contributed by atoms with van der Waals surface area (Å²) in [5.74, 6) is 0. The van der Waals surface area contributed by atoms with Crippen LogP contribution in [0, 0.1) is 0 Å². The van der Waals surface area contributed by atoms with Gasteiger partial charge in [-0.3, -0.25) is 0 Å². The van der Waals surface area contributed by atoms with E-state index in [1.807, 2.05) is 0 Å². The van der Waals surface area contributed by atoms with Crippen LogP contribution < -0.4 is 0 Å². The van der Waals surface area contributed by atoms with Crippen molar-refractivity contribution in [3.63, 3.8) is 0 Å². The van der Waals surface area contributed by atoms with Crippen LogP contribution in [0.25, 0.3) is 0 Å². The van der Waals surface area contributed by atoms with E-state index in [2.05, 4.69) is 25.6 Å². The highest BCUT2D eigenvalue weighted by atomic mass is 33.1. The molecule has 0 aromatic heterocycles. The third kappa shape index (κ3) is 4.74. The summed E-state index contributed by atoms with van der Waals surface area (Å²) in [6.07, 6.45) is -2.70. The largest absolute Gasteiger partial charge is 0.646 e. The van der Waals surface area contributed by atoms with Crippen LogP contribution in [-0.2, 0) is 25.6 Å². The average Bonchev–Trinajstić information content (AvgIpc) is 1.98. The molecule has 0 atom stereocenters. The highest BCUT2D eigenvalue weighted by molar-refractivity contribution is 8.76. The van der Waals surface area contributed by atoms with Gasteiger partial charge in [-0.25, -0.2) is 9.59 Å². The molecule has 12 heavy (non-hydrogen) atoms. The molecule has 70 valence electrons. The third-order valence-electron chi connectivity index (χ3n) is 0.481. The van der Waals surface area contributed by atoms with E-state index < -0.39 is 12.2 Å². The molecule has 0 aliphatic heterocycles. The topological polar surface area (TPSA) is 81.1 Å². The number of carboxylic acid groups (broad SMARTS) is 2. The van der Waals surface area contributed by atoms with Gasteiger partial charge >= 0.3 is 12.2 Å². The second-order valence-electron chi connectivity index (χ2n) is 1.23. The highest BCUT2D eigenvalue weighted by Crippen LogP contribution is 2.27. The number of hydrogen-bond acceptors (Lipinski definition) is 6. The summed E-state index contributed by atoms with van der Waals surface area (Å²) >= 11 is 8.55. The van der Waals surface area contributed by atoms with Crippen molar-refractivity contribution >= 4 is 59.8 Å². The van der Waals surface area contributed by atoms with E-state index in [1.165, 1.54) is 0 Å². The van der Waals surface area contributed by atoms with E-state index in [4.69, 9.17) is 10.2 Å². The van der Waals surface area contributed by atoms with E-state index in [0.29, 0.717) is 29.4 Å². The van der Waals surface area contributed by atoms with Crippen LogP contribution in [0.1, 0.15) is 0 Å². The molecule has 10 heteroatoms. The molecule has 0 heterocycles. The fourth-order valence-electron chi connectivity index (χ4n) is 0.124. The minimum atomic E-state index is -1.35. The van der Waals surface area contributed by atoms with Crippen LogP contribution in [0.15, 0.2) is 0 Å². The summed E-state index contributed by atoms with van der Waals surface area (Å²) in [4.78, 5) is 20.1. The van der Waals surface area contributed by atoms with Crippen molar-refractivity contribution in [1.29, 1.82) is 0 Å². The van der Waals surface area contributed by atoms with Gasteiger partial charge in [-0.15, -0.1) is 0 Å². The molecule has 0 radical (unpaired) electrons. The van der Waals surface area contributed by atoms with Crippen LogP contribution >= 0.6 is 22.0 Å². The standard InChI is InChI=1S/C2H2N2O4S4/c5-1(6)3(9)11-12-4(10)2(7)8/h(H,5,6)(H,7,8)/q-2. The molecular weight excluding hydrogens is 244 g/mol. The number of nitrogens with zero attached hydrogens (tertiary/aromatic N) is 2. The van der Waals surface area contributed by atoms with Crippen molar-refractivity contribution < 1.29 is 19.8 Å². The lowest BCUT2D eigenvalue weighted by Crippen LogP contribution is -2.17. The van der Waals surface area contributed by atoms with Gasteiger partial charge in [0.25, 0.3) is 0 Å². The van der Waals surface area contributed by atoms with Crippen molar-refractivity contribution in [3.8, 4) is 0 Å². The second kappa shape index (κ2) is 5.56. The van der Waals surface area contributed by atoms with Gasteiger partial charge in [-0.2, -0.15) is 0 Å². The van der Waals surface area contributed by atoms with Gasteiger partial charge in [-0.05, 0) is 0 Å². The van der Waals surface area contributed by atoms with Crippen LogP contribution in [0.3, 0.4) is 0 Å². The molecule has 0 saturated carbocycles. The fraction of sp³-hybridized carbons (Fsp3) is 0. The number of amides is 2. The summed E-state index contributed by atoms with van der Waals surface area (Å²) in [5.41, 5.74) is 0. The number of rotatable bonds is 3. The Bertz CT molecular complexity index is 168. The molecule has 0 spiro atoms. The summed E-state index contributed by atoms with van der Waals surface area (Å²) in [7, 11) is 1.05. The Kier molecular flexibility index (Phi) is 5.53. The monoisotopic (exact) mass is 246 g/mol. The second-order valence-corrected chi connectivity index (χ2v) is 4.34. The lowest BCUT2D eigenvalue weighted by Gasteiger charge is -2.28. The molecule has 0 aromatic carbocycles. The van der Waals surface area contributed by atoms with Crippen LogP contribution in [0.2, 0.25) is 0 Å². The molecule has 0 rings (SSSR count). The Morgan fingerprint density at radius 2 is 1.25 bits per heavy atom. The maximum Gasteiger partial charge on any atom is 0.395 e. The van der Waals surface area contributed by atoms with Gasteiger partial charge in [0.2, 0.25) is 0 Å². The van der Waals surface area contributed by atoms with Crippen LogP contribution in [-0.4, -0.2) is 29.8 Å². The molecule has 2 amide bonds. The Hall–Kier alpha value is -0.0600. The summed E-state index contributed by atoms with van der Waals surface area (Å²) in [6.45, 7) is 0. The van der Waals surface area contributed by atoms with Gasteiger partial charge in [0.15, 0.2) is 0 Å². The molecular formula is C2H2N2O4S4-2. The molecule has 6 nitrogen and oxygen atoms in total. The van der Waals surface area contributed by atoms with E-state index >= 15 is 0 Å². The maximum absolute atomic E-state index is 10.1. The minimum absolute atomic E-state index is 0.424. The molecule has 0 unspecified atom stereocenters. The molecule has 0 saturated heterocycles.